The van der Waals surface area contributed by atoms with Crippen molar-refractivity contribution in [2.24, 2.45) is 5.16 Å². The number of halogens is 1. The summed E-state index contributed by atoms with van der Waals surface area (Å²) in [7, 11) is 0. The highest BCUT2D eigenvalue weighted by atomic mass is 35.5. The van der Waals surface area contributed by atoms with Crippen LogP contribution in [0.25, 0.3) is 10.9 Å². The van der Waals surface area contributed by atoms with Crippen LogP contribution in [0.5, 0.6) is 0 Å². The number of pyridine rings is 1. The number of aryl methyl sites for hydroxylation is 2. The first-order valence-corrected chi connectivity index (χ1v) is 9.14. The third-order valence-corrected chi connectivity index (χ3v) is 4.87. The quantitative estimate of drug-likeness (QED) is 0.334. The minimum atomic E-state index is -0.350. The van der Waals surface area contributed by atoms with Crippen molar-refractivity contribution < 1.29 is 10.0 Å². The van der Waals surface area contributed by atoms with Gasteiger partial charge in [-0.25, -0.2) is 0 Å². The van der Waals surface area contributed by atoms with Crippen molar-refractivity contribution in [2.75, 3.05) is 6.54 Å². The molecule has 0 fully saturated rings. The monoisotopic (exact) mass is 375 g/mol. The average Bonchev–Trinajstić information content (AvgIpc) is 2.64. The molecule has 5 nitrogen and oxygen atoms in total. The van der Waals surface area contributed by atoms with E-state index in [0.29, 0.717) is 6.54 Å². The number of fused-ring (bicyclic) bond motifs is 2. The summed E-state index contributed by atoms with van der Waals surface area (Å²) in [5.41, 5.74) is 5.39. The molecule has 140 valence electrons. The Hall–Kier alpha value is -2.14. The number of hydrogen-bond acceptors (Lipinski definition) is 4. The van der Waals surface area contributed by atoms with Crippen LogP contribution in [0.2, 0.25) is 0 Å². The maximum Gasteiger partial charge on any atom is 0.265 e. The highest BCUT2D eigenvalue weighted by molar-refractivity contribution is 6.25. The molecule has 0 radical (unpaired) electrons. The highest BCUT2D eigenvalue weighted by Gasteiger charge is 2.17. The predicted octanol–water partition coefficient (Wildman–Crippen LogP) is 3.82. The van der Waals surface area contributed by atoms with Gasteiger partial charge >= 0.3 is 0 Å². The van der Waals surface area contributed by atoms with Gasteiger partial charge in [0.25, 0.3) is 5.91 Å². The molecule has 1 amide bonds. The summed E-state index contributed by atoms with van der Waals surface area (Å²) in [6.45, 7) is 0.611. The first-order valence-electron chi connectivity index (χ1n) is 9.14. The molecule has 1 aromatic carbocycles. The molecule has 0 spiro atoms. The molecule has 2 aromatic rings. The zero-order valence-electron chi connectivity index (χ0n) is 14.9. The Morgan fingerprint density at radius 3 is 2.85 bits per heavy atom. The smallest absolute Gasteiger partial charge is 0.265 e. The van der Waals surface area contributed by atoms with E-state index < -0.39 is 0 Å². The number of para-hydroxylation sites is 1. The molecule has 0 saturated heterocycles. The molecular formula is C20H26ClN3O2. The average molecular weight is 376 g/mol. The van der Waals surface area contributed by atoms with Crippen LogP contribution < -0.4 is 5.32 Å². The maximum atomic E-state index is 11.2. The summed E-state index contributed by atoms with van der Waals surface area (Å²) < 4.78 is 0. The first kappa shape index (κ1) is 20.2. The van der Waals surface area contributed by atoms with Crippen LogP contribution >= 0.6 is 12.4 Å². The van der Waals surface area contributed by atoms with E-state index in [4.69, 9.17) is 10.2 Å². The molecule has 2 N–H and O–H groups in total. The van der Waals surface area contributed by atoms with Gasteiger partial charge in [0.2, 0.25) is 0 Å². The summed E-state index contributed by atoms with van der Waals surface area (Å²) in [6, 6.07) is 8.47. The number of carbonyl (C=O) groups excluding carboxylic acids is 1. The van der Waals surface area contributed by atoms with Crippen LogP contribution in [0.4, 0.5) is 0 Å². The lowest BCUT2D eigenvalue weighted by molar-refractivity contribution is -0.114. The fourth-order valence-corrected chi connectivity index (χ4v) is 3.67. The summed E-state index contributed by atoms with van der Waals surface area (Å²) in [4.78, 5) is 16.1. The van der Waals surface area contributed by atoms with E-state index in [0.717, 1.165) is 50.3 Å². The standard InChI is InChI=1S/C20H25N3O2.ClH/c24-20(14-22-25)21-13-7-1-2-8-15-16-9-3-5-11-18(16)23-19-12-6-4-10-17(15)19;/h3,5,9,11,14,25H,1-2,4,6-8,10,12-13H2,(H,21,24);1H/b22-14+;. The summed E-state index contributed by atoms with van der Waals surface area (Å²) in [5.74, 6) is -0.350. The molecule has 1 aliphatic carbocycles. The van der Waals surface area contributed by atoms with Crippen molar-refractivity contribution in [3.05, 3.63) is 41.1 Å². The van der Waals surface area contributed by atoms with Gasteiger partial charge < -0.3 is 10.5 Å². The van der Waals surface area contributed by atoms with Gasteiger partial charge in [0.1, 0.15) is 6.21 Å². The van der Waals surface area contributed by atoms with Crippen molar-refractivity contribution in [1.29, 1.82) is 0 Å². The topological polar surface area (TPSA) is 74.6 Å². The van der Waals surface area contributed by atoms with Gasteiger partial charge in [0, 0.05) is 17.6 Å². The highest BCUT2D eigenvalue weighted by Crippen LogP contribution is 2.30. The normalized spacial score (nSPS) is 13.4. The first-order chi connectivity index (χ1) is 12.3. The molecule has 0 aliphatic heterocycles. The fraction of sp³-hybridized carbons (Fsp3) is 0.450. The number of hydrogen-bond donors (Lipinski definition) is 2. The Labute approximate surface area is 160 Å². The van der Waals surface area contributed by atoms with Gasteiger partial charge in [-0.3, -0.25) is 9.78 Å². The number of amides is 1. The Kier molecular flexibility index (Phi) is 7.85. The molecule has 0 bridgehead atoms. The molecule has 1 aliphatic rings. The van der Waals surface area contributed by atoms with Gasteiger partial charge in [0.15, 0.2) is 0 Å². The minimum absolute atomic E-state index is 0. The van der Waals surface area contributed by atoms with Gasteiger partial charge in [-0.2, -0.15) is 0 Å². The predicted molar refractivity (Wildman–Crippen MR) is 106 cm³/mol. The van der Waals surface area contributed by atoms with Crippen LogP contribution in [0, 0.1) is 0 Å². The van der Waals surface area contributed by atoms with Crippen LogP contribution in [0.3, 0.4) is 0 Å². The molecule has 6 heteroatoms. The third-order valence-electron chi connectivity index (χ3n) is 4.87. The second kappa shape index (κ2) is 10.1. The molecule has 0 unspecified atom stereocenters. The number of aromatic nitrogens is 1. The number of nitrogens with one attached hydrogen (secondary N) is 1. The second-order valence-electron chi connectivity index (χ2n) is 6.59. The van der Waals surface area contributed by atoms with Crippen molar-refractivity contribution >= 4 is 35.4 Å². The molecule has 1 heterocycles. The van der Waals surface area contributed by atoms with Crippen molar-refractivity contribution in [2.45, 2.75) is 51.4 Å². The second-order valence-corrected chi connectivity index (χ2v) is 6.59. The van der Waals surface area contributed by atoms with Gasteiger partial charge in [-0.15, -0.1) is 12.4 Å². The lowest BCUT2D eigenvalue weighted by Crippen LogP contribution is -2.25. The molecule has 0 saturated carbocycles. The van der Waals surface area contributed by atoms with E-state index in [-0.39, 0.29) is 18.3 Å². The maximum absolute atomic E-state index is 11.2. The third kappa shape index (κ3) is 4.94. The lowest BCUT2D eigenvalue weighted by atomic mass is 9.87. The Bertz CT molecular complexity index is 777. The Morgan fingerprint density at radius 1 is 1.19 bits per heavy atom. The SMILES string of the molecule is Cl.O=C(/C=N/O)NCCCCCc1c2c(nc3ccccc13)CCCC2. The van der Waals surface area contributed by atoms with E-state index in [2.05, 4.69) is 34.7 Å². The van der Waals surface area contributed by atoms with Crippen LogP contribution in [0.15, 0.2) is 29.4 Å². The number of benzene rings is 1. The summed E-state index contributed by atoms with van der Waals surface area (Å²) >= 11 is 0. The number of oxime groups is 1. The Balaban J connectivity index is 0.00000243. The van der Waals surface area contributed by atoms with E-state index >= 15 is 0 Å². The molecular weight excluding hydrogens is 350 g/mol. The zero-order chi connectivity index (χ0) is 17.5. The van der Waals surface area contributed by atoms with E-state index in [1.165, 1.54) is 35.0 Å². The summed E-state index contributed by atoms with van der Waals surface area (Å²) in [6.07, 6.45) is 9.80. The van der Waals surface area contributed by atoms with Gasteiger partial charge in [-0.05, 0) is 62.1 Å². The van der Waals surface area contributed by atoms with Crippen LogP contribution in [0.1, 0.15) is 48.9 Å². The minimum Gasteiger partial charge on any atom is -0.411 e. The molecule has 0 atom stereocenters. The zero-order valence-corrected chi connectivity index (χ0v) is 15.7. The van der Waals surface area contributed by atoms with E-state index in [9.17, 15) is 4.79 Å². The van der Waals surface area contributed by atoms with Gasteiger partial charge in [-0.1, -0.05) is 29.8 Å². The van der Waals surface area contributed by atoms with E-state index in [1.807, 2.05) is 0 Å². The number of rotatable bonds is 7. The van der Waals surface area contributed by atoms with Crippen molar-refractivity contribution in [1.82, 2.24) is 10.3 Å². The van der Waals surface area contributed by atoms with Crippen molar-refractivity contribution in [3.63, 3.8) is 0 Å². The molecule has 26 heavy (non-hydrogen) atoms. The number of unbranched alkanes of at least 4 members (excludes halogenated alkanes) is 2. The van der Waals surface area contributed by atoms with Gasteiger partial charge in [0.05, 0.1) is 5.52 Å². The van der Waals surface area contributed by atoms with Crippen LogP contribution in [-0.2, 0) is 24.1 Å². The summed E-state index contributed by atoms with van der Waals surface area (Å²) in [5, 5.41) is 15.0. The van der Waals surface area contributed by atoms with Crippen LogP contribution in [-0.4, -0.2) is 28.9 Å². The fourth-order valence-electron chi connectivity index (χ4n) is 3.67. The number of carbonyl (C=O) groups is 1. The number of nitrogens with zero attached hydrogens (tertiary/aromatic N) is 2. The lowest BCUT2D eigenvalue weighted by Gasteiger charge is -2.21. The largest absolute Gasteiger partial charge is 0.411 e. The molecule has 3 rings (SSSR count). The van der Waals surface area contributed by atoms with E-state index in [1.54, 1.807) is 0 Å². The van der Waals surface area contributed by atoms with Crippen molar-refractivity contribution in [3.8, 4) is 0 Å². The Morgan fingerprint density at radius 2 is 2.00 bits per heavy atom. The molecule has 1 aromatic heterocycles.